The first-order chi connectivity index (χ1) is 9.57. The van der Waals surface area contributed by atoms with Crippen molar-refractivity contribution in [3.63, 3.8) is 0 Å². The normalized spacial score (nSPS) is 16.8. The summed E-state index contributed by atoms with van der Waals surface area (Å²) in [5.74, 6) is 0.223. The van der Waals surface area contributed by atoms with Crippen LogP contribution in [0.15, 0.2) is 35.1 Å². The van der Waals surface area contributed by atoms with Crippen LogP contribution >= 0.6 is 0 Å². The van der Waals surface area contributed by atoms with Crippen LogP contribution in [0.4, 0.5) is 4.39 Å². The first-order valence-electron chi connectivity index (χ1n) is 6.15. The summed E-state index contributed by atoms with van der Waals surface area (Å²) in [6.45, 7) is 1.12. The molecule has 0 aromatic carbocycles. The lowest BCUT2D eigenvalue weighted by atomic mass is 10.3. The number of rotatable bonds is 6. The maximum atomic E-state index is 12.3. The molecule has 0 aliphatic carbocycles. The minimum atomic E-state index is -3.44. The van der Waals surface area contributed by atoms with Crippen molar-refractivity contribution in [2.45, 2.75) is 11.3 Å². The van der Waals surface area contributed by atoms with Crippen LogP contribution in [0, 0.1) is 0 Å². The molecule has 0 atom stereocenters. The first-order valence-corrected chi connectivity index (χ1v) is 7.59. The molecule has 1 aliphatic heterocycles. The SMILES string of the molecule is NC/C(=C/F)COc1ccc(S(=O)(=O)N2CCC2)cn1. The lowest BCUT2D eigenvalue weighted by Crippen LogP contribution is -2.41. The number of halogens is 1. The first kappa shape index (κ1) is 14.9. The van der Waals surface area contributed by atoms with Crippen LogP contribution in [0.2, 0.25) is 0 Å². The van der Waals surface area contributed by atoms with Gasteiger partial charge >= 0.3 is 0 Å². The second-order valence-corrected chi connectivity index (χ2v) is 6.29. The number of ether oxygens (including phenoxy) is 1. The number of pyridine rings is 1. The number of nitrogens with zero attached hydrogens (tertiary/aromatic N) is 2. The van der Waals surface area contributed by atoms with Crippen molar-refractivity contribution in [1.29, 1.82) is 0 Å². The molecule has 110 valence electrons. The minimum Gasteiger partial charge on any atom is -0.473 e. The molecule has 0 bridgehead atoms. The number of sulfonamides is 1. The van der Waals surface area contributed by atoms with E-state index in [9.17, 15) is 12.8 Å². The highest BCUT2D eigenvalue weighted by Crippen LogP contribution is 2.21. The van der Waals surface area contributed by atoms with Crippen LogP contribution in [-0.2, 0) is 10.0 Å². The van der Waals surface area contributed by atoms with Gasteiger partial charge in [-0.3, -0.25) is 0 Å². The molecular formula is C12H16FN3O3S. The smallest absolute Gasteiger partial charge is 0.244 e. The molecule has 2 N–H and O–H groups in total. The highest BCUT2D eigenvalue weighted by molar-refractivity contribution is 7.89. The highest BCUT2D eigenvalue weighted by Gasteiger charge is 2.29. The predicted octanol–water partition coefficient (Wildman–Crippen LogP) is 0.667. The van der Waals surface area contributed by atoms with Crippen molar-refractivity contribution < 1.29 is 17.5 Å². The van der Waals surface area contributed by atoms with E-state index >= 15 is 0 Å². The summed E-state index contributed by atoms with van der Waals surface area (Å²) in [5, 5.41) is 0. The zero-order chi connectivity index (χ0) is 14.6. The maximum absolute atomic E-state index is 12.3. The molecule has 1 fully saturated rings. The Labute approximate surface area is 117 Å². The molecule has 1 aliphatic rings. The Bertz CT molecular complexity index is 582. The molecule has 0 radical (unpaired) electrons. The maximum Gasteiger partial charge on any atom is 0.244 e. The fraction of sp³-hybridized carbons (Fsp3) is 0.417. The average Bonchev–Trinajstić information content (AvgIpc) is 2.38. The van der Waals surface area contributed by atoms with Gasteiger partial charge in [0, 0.05) is 31.3 Å². The fourth-order valence-corrected chi connectivity index (χ4v) is 3.05. The third-order valence-electron chi connectivity index (χ3n) is 2.98. The van der Waals surface area contributed by atoms with Gasteiger partial charge in [-0.2, -0.15) is 4.31 Å². The van der Waals surface area contributed by atoms with Crippen molar-refractivity contribution in [3.8, 4) is 5.88 Å². The van der Waals surface area contributed by atoms with Crippen LogP contribution in [0.5, 0.6) is 5.88 Å². The lowest BCUT2D eigenvalue weighted by Gasteiger charge is -2.29. The highest BCUT2D eigenvalue weighted by atomic mass is 32.2. The molecule has 0 saturated carbocycles. The van der Waals surface area contributed by atoms with Crippen molar-refractivity contribution in [2.75, 3.05) is 26.2 Å². The van der Waals surface area contributed by atoms with Crippen LogP contribution in [-0.4, -0.2) is 43.9 Å². The summed E-state index contributed by atoms with van der Waals surface area (Å²) in [4.78, 5) is 4.04. The number of aromatic nitrogens is 1. The van der Waals surface area contributed by atoms with Gasteiger partial charge in [0.15, 0.2) is 0 Å². The van der Waals surface area contributed by atoms with Crippen molar-refractivity contribution in [1.82, 2.24) is 9.29 Å². The number of hydrogen-bond acceptors (Lipinski definition) is 5. The monoisotopic (exact) mass is 301 g/mol. The van der Waals surface area contributed by atoms with Gasteiger partial charge in [0.05, 0.1) is 12.5 Å². The summed E-state index contributed by atoms with van der Waals surface area (Å²) in [6, 6.07) is 2.87. The number of hydrogen-bond donors (Lipinski definition) is 1. The Kier molecular flexibility index (Phi) is 4.69. The van der Waals surface area contributed by atoms with Gasteiger partial charge in [-0.15, -0.1) is 0 Å². The summed E-state index contributed by atoms with van der Waals surface area (Å²) < 4.78 is 43.0. The standard InChI is InChI=1S/C12H16FN3O3S/c13-6-10(7-14)9-19-12-3-2-11(8-15-12)20(17,18)16-4-1-5-16/h2-3,6,8H,1,4-5,7,9,14H2/b10-6-. The van der Waals surface area contributed by atoms with E-state index in [-0.39, 0.29) is 23.9 Å². The van der Waals surface area contributed by atoms with Gasteiger partial charge in [0.25, 0.3) is 0 Å². The molecule has 0 spiro atoms. The van der Waals surface area contributed by atoms with Gasteiger partial charge in [-0.1, -0.05) is 0 Å². The zero-order valence-electron chi connectivity index (χ0n) is 10.8. The summed E-state index contributed by atoms with van der Waals surface area (Å²) in [7, 11) is -3.44. The molecule has 1 aromatic rings. The molecule has 0 amide bonds. The van der Waals surface area contributed by atoms with Crippen LogP contribution in [0.25, 0.3) is 0 Å². The molecule has 8 heteroatoms. The Morgan fingerprint density at radius 1 is 1.50 bits per heavy atom. The van der Waals surface area contributed by atoms with E-state index in [0.29, 0.717) is 25.0 Å². The third-order valence-corrected chi connectivity index (χ3v) is 4.87. The van der Waals surface area contributed by atoms with E-state index in [1.54, 1.807) is 0 Å². The van der Waals surface area contributed by atoms with Gasteiger partial charge < -0.3 is 10.5 Å². The van der Waals surface area contributed by atoms with Crippen molar-refractivity contribution in [2.24, 2.45) is 5.73 Å². The molecule has 2 rings (SSSR count). The quantitative estimate of drug-likeness (QED) is 0.834. The third kappa shape index (κ3) is 3.14. The van der Waals surface area contributed by atoms with Crippen LogP contribution in [0.3, 0.4) is 0 Å². The van der Waals surface area contributed by atoms with Gasteiger partial charge in [-0.05, 0) is 12.5 Å². The molecular weight excluding hydrogens is 285 g/mol. The summed E-state index contributed by atoms with van der Waals surface area (Å²) in [6.07, 6.45) is 2.51. The largest absolute Gasteiger partial charge is 0.473 e. The fourth-order valence-electron chi connectivity index (χ4n) is 1.58. The minimum absolute atomic E-state index is 0.0157. The van der Waals surface area contributed by atoms with Gasteiger partial charge in [0.2, 0.25) is 15.9 Å². The summed E-state index contributed by atoms with van der Waals surface area (Å²) >= 11 is 0. The van der Waals surface area contributed by atoms with Crippen molar-refractivity contribution in [3.05, 3.63) is 30.2 Å². The Morgan fingerprint density at radius 2 is 2.25 bits per heavy atom. The summed E-state index contributed by atoms with van der Waals surface area (Å²) in [5.41, 5.74) is 5.59. The topological polar surface area (TPSA) is 85.5 Å². The van der Waals surface area contributed by atoms with Gasteiger partial charge in [0.1, 0.15) is 11.5 Å². The van der Waals surface area contributed by atoms with E-state index in [2.05, 4.69) is 4.98 Å². The Balaban J connectivity index is 2.03. The van der Waals surface area contributed by atoms with Crippen molar-refractivity contribution >= 4 is 10.0 Å². The molecule has 1 aromatic heterocycles. The van der Waals surface area contributed by atoms with E-state index in [4.69, 9.17) is 10.5 Å². The second-order valence-electron chi connectivity index (χ2n) is 4.35. The molecule has 2 heterocycles. The van der Waals surface area contributed by atoms with E-state index in [1.807, 2.05) is 0 Å². The Morgan fingerprint density at radius 3 is 2.70 bits per heavy atom. The van der Waals surface area contributed by atoms with E-state index in [0.717, 1.165) is 6.42 Å². The van der Waals surface area contributed by atoms with E-state index < -0.39 is 10.0 Å². The molecule has 1 saturated heterocycles. The number of nitrogens with two attached hydrogens (primary N) is 1. The molecule has 20 heavy (non-hydrogen) atoms. The lowest BCUT2D eigenvalue weighted by molar-refractivity contribution is 0.309. The predicted molar refractivity (Wildman–Crippen MR) is 71.4 cm³/mol. The zero-order valence-corrected chi connectivity index (χ0v) is 11.6. The van der Waals surface area contributed by atoms with E-state index in [1.165, 1.54) is 22.6 Å². The Hall–Kier alpha value is -1.51. The molecule has 6 nitrogen and oxygen atoms in total. The molecule has 0 unspecified atom stereocenters. The van der Waals surface area contributed by atoms with Crippen LogP contribution in [0.1, 0.15) is 6.42 Å². The van der Waals surface area contributed by atoms with Gasteiger partial charge in [-0.25, -0.2) is 17.8 Å². The average molecular weight is 301 g/mol. The second kappa shape index (κ2) is 6.29. The van der Waals surface area contributed by atoms with Crippen LogP contribution < -0.4 is 10.5 Å².